The molecule has 0 atom stereocenters. The van der Waals surface area contributed by atoms with E-state index in [-0.39, 0.29) is 23.8 Å². The molecule has 2 N–H and O–H groups in total. The normalized spacial score (nSPS) is 22.9. The Kier molecular flexibility index (Phi) is 7.55. The van der Waals surface area contributed by atoms with Crippen molar-refractivity contribution in [2.75, 3.05) is 27.3 Å². The molecule has 1 heterocycles. The van der Waals surface area contributed by atoms with Crippen molar-refractivity contribution in [1.29, 1.82) is 0 Å². The Hall–Kier alpha value is -2.77. The van der Waals surface area contributed by atoms with E-state index in [4.69, 9.17) is 9.47 Å². The van der Waals surface area contributed by atoms with Crippen LogP contribution in [0.15, 0.2) is 18.2 Å². The number of nitrogens with zero attached hydrogens (tertiary/aromatic N) is 1. The molecule has 33 heavy (non-hydrogen) atoms. The maximum absolute atomic E-state index is 13.1. The number of methoxy groups -OCH3 is 2. The molecule has 0 unspecified atom stereocenters. The summed E-state index contributed by atoms with van der Waals surface area (Å²) in [6.07, 6.45) is 4.69. The monoisotopic (exact) mass is 459 g/mol. The molecule has 1 saturated heterocycles. The number of rotatable bonds is 9. The topological polar surface area (TPSA) is 97.0 Å². The van der Waals surface area contributed by atoms with Gasteiger partial charge >= 0.3 is 6.03 Å². The predicted octanol–water partition coefficient (Wildman–Crippen LogP) is 3.28. The smallest absolute Gasteiger partial charge is 0.325 e. The first-order chi connectivity index (χ1) is 15.7. The molecule has 182 valence electrons. The third-order valence-electron chi connectivity index (χ3n) is 7.61. The van der Waals surface area contributed by atoms with Crippen LogP contribution in [0, 0.1) is 11.3 Å². The van der Waals surface area contributed by atoms with Gasteiger partial charge in [0.05, 0.1) is 14.2 Å². The first-order valence-corrected chi connectivity index (χ1v) is 11.8. The standard InChI is InChI=1S/C25H37N3O5/c1-6-24(2,3)18-9-12-25(13-10-18)22(30)28(23(31)27-25)16-21(29)26-14-11-17-7-8-19(32-4)15-20(17)33-5/h7-8,15,18H,6,9-14,16H2,1-5H3,(H,26,29)(H,27,31). The molecule has 3 rings (SSSR count). The summed E-state index contributed by atoms with van der Waals surface area (Å²) in [4.78, 5) is 39.2. The van der Waals surface area contributed by atoms with Crippen molar-refractivity contribution in [2.45, 2.75) is 64.8 Å². The lowest BCUT2D eigenvalue weighted by molar-refractivity contribution is -0.136. The molecule has 1 aliphatic carbocycles. The fourth-order valence-electron chi connectivity index (χ4n) is 4.93. The number of carbonyl (C=O) groups is 3. The number of nitrogens with one attached hydrogen (secondary N) is 2. The van der Waals surface area contributed by atoms with Crippen molar-refractivity contribution in [1.82, 2.24) is 15.5 Å². The van der Waals surface area contributed by atoms with Crippen LogP contribution in [-0.2, 0) is 16.0 Å². The molecule has 1 aromatic carbocycles. The summed E-state index contributed by atoms with van der Waals surface area (Å²) in [7, 11) is 3.17. The largest absolute Gasteiger partial charge is 0.497 e. The van der Waals surface area contributed by atoms with Crippen LogP contribution in [0.1, 0.15) is 58.4 Å². The van der Waals surface area contributed by atoms with Crippen molar-refractivity contribution in [3.63, 3.8) is 0 Å². The second-order valence-corrected chi connectivity index (χ2v) is 9.80. The molecule has 1 spiro atoms. The average molecular weight is 460 g/mol. The van der Waals surface area contributed by atoms with Crippen molar-refractivity contribution < 1.29 is 23.9 Å². The number of amides is 4. The van der Waals surface area contributed by atoms with Gasteiger partial charge in [0.1, 0.15) is 23.6 Å². The summed E-state index contributed by atoms with van der Waals surface area (Å²) in [6.45, 7) is 6.82. The van der Waals surface area contributed by atoms with E-state index in [1.807, 2.05) is 12.1 Å². The Labute approximate surface area is 196 Å². The van der Waals surface area contributed by atoms with Crippen LogP contribution in [-0.4, -0.2) is 55.6 Å². The summed E-state index contributed by atoms with van der Waals surface area (Å²) < 4.78 is 10.6. The quantitative estimate of drug-likeness (QED) is 0.553. The lowest BCUT2D eigenvalue weighted by atomic mass is 9.65. The number of urea groups is 1. The van der Waals surface area contributed by atoms with Gasteiger partial charge in [-0.3, -0.25) is 14.5 Å². The highest BCUT2D eigenvalue weighted by molar-refractivity contribution is 6.09. The van der Waals surface area contributed by atoms with E-state index < -0.39 is 11.6 Å². The lowest BCUT2D eigenvalue weighted by Crippen LogP contribution is -2.51. The maximum atomic E-state index is 13.1. The van der Waals surface area contributed by atoms with E-state index in [1.54, 1.807) is 20.3 Å². The van der Waals surface area contributed by atoms with E-state index in [0.717, 1.165) is 29.7 Å². The van der Waals surface area contributed by atoms with Gasteiger partial charge in [0.25, 0.3) is 5.91 Å². The van der Waals surface area contributed by atoms with Crippen LogP contribution in [0.25, 0.3) is 0 Å². The van der Waals surface area contributed by atoms with Crippen molar-refractivity contribution >= 4 is 17.8 Å². The first kappa shape index (κ1) is 24.9. The predicted molar refractivity (Wildman–Crippen MR) is 125 cm³/mol. The Morgan fingerprint density at radius 2 is 1.91 bits per heavy atom. The fraction of sp³-hybridized carbons (Fsp3) is 0.640. The van der Waals surface area contributed by atoms with Crippen LogP contribution in [0.2, 0.25) is 0 Å². The van der Waals surface area contributed by atoms with Crippen LogP contribution in [0.3, 0.4) is 0 Å². The third-order valence-corrected chi connectivity index (χ3v) is 7.61. The molecule has 2 fully saturated rings. The van der Waals surface area contributed by atoms with E-state index in [9.17, 15) is 14.4 Å². The Bertz CT molecular complexity index is 890. The minimum atomic E-state index is -0.853. The molecule has 8 heteroatoms. The zero-order valence-corrected chi connectivity index (χ0v) is 20.5. The number of ether oxygens (including phenoxy) is 2. The number of carbonyl (C=O) groups excluding carboxylic acids is 3. The fourth-order valence-corrected chi connectivity index (χ4v) is 4.93. The zero-order valence-electron chi connectivity index (χ0n) is 20.5. The molecule has 0 radical (unpaired) electrons. The highest BCUT2D eigenvalue weighted by Crippen LogP contribution is 2.45. The minimum Gasteiger partial charge on any atom is -0.497 e. The van der Waals surface area contributed by atoms with E-state index in [0.29, 0.717) is 43.2 Å². The van der Waals surface area contributed by atoms with Gasteiger partial charge in [0.2, 0.25) is 5.91 Å². The molecular weight excluding hydrogens is 422 g/mol. The van der Waals surface area contributed by atoms with Crippen molar-refractivity contribution in [3.05, 3.63) is 23.8 Å². The van der Waals surface area contributed by atoms with Gasteiger partial charge in [-0.15, -0.1) is 0 Å². The summed E-state index contributed by atoms with van der Waals surface area (Å²) in [5, 5.41) is 5.71. The molecule has 2 aliphatic rings. The molecule has 8 nitrogen and oxygen atoms in total. The van der Waals surface area contributed by atoms with E-state index in [1.165, 1.54) is 0 Å². The molecule has 1 aliphatic heterocycles. The van der Waals surface area contributed by atoms with Crippen LogP contribution in [0.4, 0.5) is 4.79 Å². The second kappa shape index (κ2) is 10.0. The summed E-state index contributed by atoms with van der Waals surface area (Å²) in [6, 6.07) is 5.05. The number of hydrogen-bond acceptors (Lipinski definition) is 5. The number of imide groups is 1. The van der Waals surface area contributed by atoms with Crippen LogP contribution in [0.5, 0.6) is 11.5 Å². The van der Waals surface area contributed by atoms with Gasteiger partial charge < -0.3 is 20.1 Å². The Balaban J connectivity index is 1.53. The number of hydrogen-bond donors (Lipinski definition) is 2. The highest BCUT2D eigenvalue weighted by Gasteiger charge is 2.53. The number of benzene rings is 1. The van der Waals surface area contributed by atoms with E-state index >= 15 is 0 Å². The minimum absolute atomic E-state index is 0.222. The Morgan fingerprint density at radius 1 is 1.21 bits per heavy atom. The van der Waals surface area contributed by atoms with Crippen molar-refractivity contribution in [2.24, 2.45) is 11.3 Å². The second-order valence-electron chi connectivity index (χ2n) is 9.80. The van der Waals surface area contributed by atoms with Gasteiger partial charge in [-0.2, -0.15) is 0 Å². The SMILES string of the molecule is CCC(C)(C)C1CCC2(CC1)NC(=O)N(CC(=O)NCCc1ccc(OC)cc1OC)C2=O. The Morgan fingerprint density at radius 3 is 2.52 bits per heavy atom. The molecule has 1 saturated carbocycles. The summed E-state index contributed by atoms with van der Waals surface area (Å²) in [5.41, 5.74) is 0.299. The maximum Gasteiger partial charge on any atom is 0.325 e. The molecule has 4 amide bonds. The molecule has 0 aromatic heterocycles. The lowest BCUT2D eigenvalue weighted by Gasteiger charge is -2.42. The van der Waals surface area contributed by atoms with Gasteiger partial charge in [-0.25, -0.2) is 4.79 Å². The van der Waals surface area contributed by atoms with Gasteiger partial charge in [-0.1, -0.05) is 33.3 Å². The van der Waals surface area contributed by atoms with Crippen molar-refractivity contribution in [3.8, 4) is 11.5 Å². The third kappa shape index (κ3) is 5.25. The van der Waals surface area contributed by atoms with Crippen LogP contribution >= 0.6 is 0 Å². The summed E-state index contributed by atoms with van der Waals surface area (Å²) >= 11 is 0. The van der Waals surface area contributed by atoms with Gasteiger partial charge in [0.15, 0.2) is 0 Å². The first-order valence-electron chi connectivity index (χ1n) is 11.8. The molecule has 1 aromatic rings. The highest BCUT2D eigenvalue weighted by atomic mass is 16.5. The van der Waals surface area contributed by atoms with Gasteiger partial charge in [-0.05, 0) is 55.1 Å². The molecular formula is C25H37N3O5. The average Bonchev–Trinajstić information content (AvgIpc) is 3.03. The zero-order chi connectivity index (χ0) is 24.2. The van der Waals surface area contributed by atoms with E-state index in [2.05, 4.69) is 31.4 Å². The van der Waals surface area contributed by atoms with Gasteiger partial charge in [0, 0.05) is 12.6 Å². The van der Waals surface area contributed by atoms with Crippen LogP contribution < -0.4 is 20.1 Å². The molecule has 0 bridgehead atoms. The summed E-state index contributed by atoms with van der Waals surface area (Å²) in [5.74, 6) is 1.28.